The second-order valence-corrected chi connectivity index (χ2v) is 7.13. The average molecular weight is 389 g/mol. The van der Waals surface area contributed by atoms with Crippen LogP contribution in [0.3, 0.4) is 0 Å². The van der Waals surface area contributed by atoms with Gasteiger partial charge in [0.1, 0.15) is 5.82 Å². The summed E-state index contributed by atoms with van der Waals surface area (Å²) in [5.74, 6) is -0.845. The highest BCUT2D eigenvalue weighted by Gasteiger charge is 2.31. The Morgan fingerprint density at radius 2 is 1.83 bits per heavy atom. The van der Waals surface area contributed by atoms with Crippen molar-refractivity contribution >= 4 is 17.5 Å². The van der Waals surface area contributed by atoms with E-state index in [4.69, 9.17) is 0 Å². The predicted octanol–water partition coefficient (Wildman–Crippen LogP) is 3.74. The van der Waals surface area contributed by atoms with E-state index < -0.39 is 0 Å². The number of aromatic nitrogens is 1. The Kier molecular flexibility index (Phi) is 5.08. The Balaban J connectivity index is 1.50. The maximum absolute atomic E-state index is 13.1. The number of carbonyl (C=O) groups is 2. The Morgan fingerprint density at radius 3 is 2.62 bits per heavy atom. The van der Waals surface area contributed by atoms with Crippen molar-refractivity contribution in [2.24, 2.45) is 0 Å². The SMILES string of the molecule is CC1Cc2ccccc2N1C(=O)c1cncc(C(=O)NCc2ccc(F)cc2)c1. The minimum absolute atomic E-state index is 0.0378. The first-order valence-corrected chi connectivity index (χ1v) is 9.42. The molecule has 1 aromatic heterocycles. The molecule has 2 amide bonds. The minimum Gasteiger partial charge on any atom is -0.348 e. The van der Waals surface area contributed by atoms with Crippen LogP contribution in [0.4, 0.5) is 10.1 Å². The number of hydrogen-bond donors (Lipinski definition) is 1. The second kappa shape index (κ2) is 7.83. The summed E-state index contributed by atoms with van der Waals surface area (Å²) >= 11 is 0. The smallest absolute Gasteiger partial charge is 0.260 e. The summed E-state index contributed by atoms with van der Waals surface area (Å²) in [7, 11) is 0. The number of hydrogen-bond acceptors (Lipinski definition) is 3. The number of pyridine rings is 1. The van der Waals surface area contributed by atoms with Gasteiger partial charge < -0.3 is 10.2 Å². The average Bonchev–Trinajstić information content (AvgIpc) is 3.08. The molecule has 0 radical (unpaired) electrons. The monoisotopic (exact) mass is 389 g/mol. The molecule has 0 saturated carbocycles. The van der Waals surface area contributed by atoms with Crippen LogP contribution in [0.1, 0.15) is 38.8 Å². The molecule has 0 saturated heterocycles. The van der Waals surface area contributed by atoms with E-state index in [1.54, 1.807) is 23.1 Å². The fourth-order valence-corrected chi connectivity index (χ4v) is 3.58. The Bertz CT molecular complexity index is 1070. The van der Waals surface area contributed by atoms with Gasteiger partial charge in [-0.25, -0.2) is 4.39 Å². The maximum atomic E-state index is 13.1. The molecule has 2 heterocycles. The fraction of sp³-hybridized carbons (Fsp3) is 0.174. The van der Waals surface area contributed by atoms with Gasteiger partial charge in [0.05, 0.1) is 11.1 Å². The third kappa shape index (κ3) is 3.87. The number of nitrogens with one attached hydrogen (secondary N) is 1. The number of para-hydroxylation sites is 1. The molecule has 1 atom stereocenters. The lowest BCUT2D eigenvalue weighted by Gasteiger charge is -2.22. The molecule has 0 bridgehead atoms. The van der Waals surface area contributed by atoms with E-state index in [0.717, 1.165) is 23.2 Å². The lowest BCUT2D eigenvalue weighted by atomic mass is 10.1. The number of anilines is 1. The highest BCUT2D eigenvalue weighted by molar-refractivity contribution is 6.08. The summed E-state index contributed by atoms with van der Waals surface area (Å²) in [4.78, 5) is 31.5. The van der Waals surface area contributed by atoms with Crippen LogP contribution in [-0.2, 0) is 13.0 Å². The molecule has 5 nitrogen and oxygen atoms in total. The topological polar surface area (TPSA) is 62.3 Å². The Morgan fingerprint density at radius 1 is 1.10 bits per heavy atom. The molecule has 2 aromatic carbocycles. The lowest BCUT2D eigenvalue weighted by molar-refractivity contribution is 0.0950. The predicted molar refractivity (Wildman–Crippen MR) is 108 cm³/mol. The first kappa shape index (κ1) is 18.8. The molecule has 0 fully saturated rings. The van der Waals surface area contributed by atoms with Crippen LogP contribution < -0.4 is 10.2 Å². The van der Waals surface area contributed by atoms with Crippen molar-refractivity contribution in [3.63, 3.8) is 0 Å². The number of fused-ring (bicyclic) bond motifs is 1. The van der Waals surface area contributed by atoms with Crippen molar-refractivity contribution in [1.82, 2.24) is 10.3 Å². The minimum atomic E-state index is -0.341. The second-order valence-electron chi connectivity index (χ2n) is 7.13. The largest absolute Gasteiger partial charge is 0.348 e. The molecule has 6 heteroatoms. The molecule has 29 heavy (non-hydrogen) atoms. The van der Waals surface area contributed by atoms with E-state index >= 15 is 0 Å². The van der Waals surface area contributed by atoms with Crippen molar-refractivity contribution in [3.8, 4) is 0 Å². The third-order valence-corrected chi connectivity index (χ3v) is 5.04. The zero-order valence-electron chi connectivity index (χ0n) is 15.9. The molecule has 3 aromatic rings. The van der Waals surface area contributed by atoms with Crippen LogP contribution in [0.5, 0.6) is 0 Å². The summed E-state index contributed by atoms with van der Waals surface area (Å²) in [6, 6.07) is 15.3. The van der Waals surface area contributed by atoms with Gasteiger partial charge in [0, 0.05) is 30.7 Å². The number of rotatable bonds is 4. The Labute approximate surface area is 168 Å². The fourth-order valence-electron chi connectivity index (χ4n) is 3.58. The van der Waals surface area contributed by atoms with Crippen molar-refractivity contribution in [1.29, 1.82) is 0 Å². The van der Waals surface area contributed by atoms with Gasteiger partial charge in [0.15, 0.2) is 0 Å². The van der Waals surface area contributed by atoms with E-state index in [9.17, 15) is 14.0 Å². The van der Waals surface area contributed by atoms with Crippen LogP contribution in [0.2, 0.25) is 0 Å². The molecule has 0 spiro atoms. The number of amides is 2. The zero-order chi connectivity index (χ0) is 20.4. The number of halogens is 1. The first-order valence-electron chi connectivity index (χ1n) is 9.42. The van der Waals surface area contributed by atoms with Crippen LogP contribution in [-0.4, -0.2) is 22.8 Å². The molecule has 146 valence electrons. The van der Waals surface area contributed by atoms with Crippen LogP contribution in [0.25, 0.3) is 0 Å². The molecule has 0 aliphatic carbocycles. The molecular formula is C23H20FN3O2. The zero-order valence-corrected chi connectivity index (χ0v) is 15.9. The summed E-state index contributed by atoms with van der Waals surface area (Å²) in [5, 5.41) is 2.77. The molecule has 1 unspecified atom stereocenters. The van der Waals surface area contributed by atoms with E-state index in [1.165, 1.54) is 24.5 Å². The maximum Gasteiger partial charge on any atom is 0.260 e. The molecule has 1 aliphatic heterocycles. The normalized spacial score (nSPS) is 15.1. The summed E-state index contributed by atoms with van der Waals surface area (Å²) in [6.07, 6.45) is 3.71. The molecule has 4 rings (SSSR count). The van der Waals surface area contributed by atoms with Gasteiger partial charge in [0.25, 0.3) is 11.8 Å². The Hall–Kier alpha value is -3.54. The summed E-state index contributed by atoms with van der Waals surface area (Å²) in [5.41, 5.74) is 3.48. The number of nitrogens with zero attached hydrogens (tertiary/aromatic N) is 2. The third-order valence-electron chi connectivity index (χ3n) is 5.04. The standard InChI is InChI=1S/C23H20FN3O2/c1-15-10-17-4-2-3-5-21(17)27(15)23(29)19-11-18(13-25-14-19)22(28)26-12-16-6-8-20(24)9-7-16/h2-9,11,13-15H,10,12H2,1H3,(H,26,28). The highest BCUT2D eigenvalue weighted by Crippen LogP contribution is 2.33. The summed E-state index contributed by atoms with van der Waals surface area (Å²) < 4.78 is 13.0. The van der Waals surface area contributed by atoms with E-state index in [2.05, 4.69) is 10.3 Å². The molecule has 1 N–H and O–H groups in total. The van der Waals surface area contributed by atoms with Crippen molar-refractivity contribution in [3.05, 3.63) is 95.1 Å². The van der Waals surface area contributed by atoms with Gasteiger partial charge in [-0.15, -0.1) is 0 Å². The van der Waals surface area contributed by atoms with Crippen molar-refractivity contribution < 1.29 is 14.0 Å². The van der Waals surface area contributed by atoms with E-state index in [0.29, 0.717) is 11.1 Å². The van der Waals surface area contributed by atoms with Crippen molar-refractivity contribution in [2.45, 2.75) is 25.9 Å². The quantitative estimate of drug-likeness (QED) is 0.739. The van der Waals surface area contributed by atoms with Gasteiger partial charge in [-0.1, -0.05) is 30.3 Å². The lowest BCUT2D eigenvalue weighted by Crippen LogP contribution is -2.36. The van der Waals surface area contributed by atoms with Crippen LogP contribution in [0, 0.1) is 5.82 Å². The van der Waals surface area contributed by atoms with Crippen molar-refractivity contribution in [2.75, 3.05) is 4.90 Å². The summed E-state index contributed by atoms with van der Waals surface area (Å²) in [6.45, 7) is 2.26. The molecule has 1 aliphatic rings. The van der Waals surface area contributed by atoms with Gasteiger partial charge in [-0.05, 0) is 48.7 Å². The first-order chi connectivity index (χ1) is 14.0. The van der Waals surface area contributed by atoms with Gasteiger partial charge >= 0.3 is 0 Å². The van der Waals surface area contributed by atoms with Gasteiger partial charge in [-0.2, -0.15) is 0 Å². The number of benzene rings is 2. The molecular weight excluding hydrogens is 369 g/mol. The number of carbonyl (C=O) groups excluding carboxylic acids is 2. The van der Waals surface area contributed by atoms with Gasteiger partial charge in [0.2, 0.25) is 0 Å². The van der Waals surface area contributed by atoms with Gasteiger partial charge in [-0.3, -0.25) is 14.6 Å². The van der Waals surface area contributed by atoms with E-state index in [1.807, 2.05) is 31.2 Å². The van der Waals surface area contributed by atoms with Crippen LogP contribution in [0.15, 0.2) is 67.0 Å². The van der Waals surface area contributed by atoms with E-state index in [-0.39, 0.29) is 30.2 Å². The van der Waals surface area contributed by atoms with Crippen LogP contribution >= 0.6 is 0 Å². The highest BCUT2D eigenvalue weighted by atomic mass is 19.1.